The van der Waals surface area contributed by atoms with Crippen molar-refractivity contribution in [3.05, 3.63) is 82.8 Å². The van der Waals surface area contributed by atoms with Crippen LogP contribution >= 0.6 is 0 Å². The third-order valence-electron chi connectivity index (χ3n) is 8.92. The number of halogens is 3. The molecule has 4 heterocycles. The molecule has 0 radical (unpaired) electrons. The maximum atomic E-state index is 14.0. The van der Waals surface area contributed by atoms with Crippen LogP contribution < -0.4 is 19.1 Å². The van der Waals surface area contributed by atoms with E-state index in [-0.39, 0.29) is 18.2 Å². The van der Waals surface area contributed by atoms with Crippen LogP contribution in [0.3, 0.4) is 0 Å². The number of piperazine rings is 1. The Morgan fingerprint density at radius 3 is 2.37 bits per heavy atom. The van der Waals surface area contributed by atoms with Gasteiger partial charge in [0.1, 0.15) is 11.4 Å². The molecule has 0 aliphatic carbocycles. The van der Waals surface area contributed by atoms with Gasteiger partial charge in [0.15, 0.2) is 18.1 Å². The standard InChI is InChI=1S/C34H38F3N5O4/c1-5-22-18-25(40-16-14-39(2)15-17-40)7-9-27(22)46-21-31(43)42-13-11-26-33(32(42)23-6-8-28(44-3)29(19-23)45-4)41-12-10-24(34(35,36)37)20-30(41)38-26/h6-10,12,18-20,32H,5,11,13-17,21H2,1-4H3. The number of amides is 1. The number of carbonyl (C=O) groups is 1. The molecule has 0 bridgehead atoms. The minimum absolute atomic E-state index is 0.170. The van der Waals surface area contributed by atoms with E-state index in [0.717, 1.165) is 56.0 Å². The molecule has 0 N–H and O–H groups in total. The SMILES string of the molecule is CCc1cc(N2CCN(C)CC2)ccc1OCC(=O)N1CCc2nc3cc(C(F)(F)F)ccn3c2C1c1ccc(OC)c(OC)c1. The number of pyridine rings is 1. The lowest BCUT2D eigenvalue weighted by molar-refractivity contribution is -0.137. The molecule has 2 aromatic carbocycles. The van der Waals surface area contributed by atoms with Crippen LogP contribution in [0.4, 0.5) is 18.9 Å². The summed E-state index contributed by atoms with van der Waals surface area (Å²) < 4.78 is 59.4. The number of imidazole rings is 1. The highest BCUT2D eigenvalue weighted by Crippen LogP contribution is 2.40. The predicted octanol–water partition coefficient (Wildman–Crippen LogP) is 5.24. The summed E-state index contributed by atoms with van der Waals surface area (Å²) in [6.07, 6.45) is -2.00. The smallest absolute Gasteiger partial charge is 0.416 e. The van der Waals surface area contributed by atoms with Crippen molar-refractivity contribution in [2.45, 2.75) is 32.0 Å². The molecule has 2 aromatic heterocycles. The fraction of sp³-hybridized carbons (Fsp3) is 0.412. The lowest BCUT2D eigenvalue weighted by atomic mass is 9.95. The summed E-state index contributed by atoms with van der Waals surface area (Å²) in [5.41, 5.74) is 3.52. The van der Waals surface area contributed by atoms with Crippen LogP contribution in [0.2, 0.25) is 0 Å². The van der Waals surface area contributed by atoms with E-state index >= 15 is 0 Å². The average Bonchev–Trinajstić information content (AvgIpc) is 3.44. The van der Waals surface area contributed by atoms with Gasteiger partial charge >= 0.3 is 6.18 Å². The fourth-order valence-electron chi connectivity index (χ4n) is 6.36. The molecule has 4 aromatic rings. The lowest BCUT2D eigenvalue weighted by Crippen LogP contribution is -2.44. The largest absolute Gasteiger partial charge is 0.493 e. The van der Waals surface area contributed by atoms with Gasteiger partial charge in [-0.3, -0.25) is 4.79 Å². The summed E-state index contributed by atoms with van der Waals surface area (Å²) in [5.74, 6) is 1.39. The Balaban J connectivity index is 1.31. The molecule has 6 rings (SSSR count). The first-order chi connectivity index (χ1) is 22.1. The van der Waals surface area contributed by atoms with Crippen LogP contribution in [0.15, 0.2) is 54.7 Å². The Morgan fingerprint density at radius 1 is 0.935 bits per heavy atom. The molecular weight excluding hydrogens is 599 g/mol. The van der Waals surface area contributed by atoms with Crippen LogP contribution in [0.5, 0.6) is 17.2 Å². The number of benzene rings is 2. The number of hydrogen-bond donors (Lipinski definition) is 0. The first-order valence-corrected chi connectivity index (χ1v) is 15.4. The van der Waals surface area contributed by atoms with Crippen molar-refractivity contribution >= 4 is 17.2 Å². The number of nitrogens with zero attached hydrogens (tertiary/aromatic N) is 5. The van der Waals surface area contributed by atoms with Gasteiger partial charge in [0.05, 0.1) is 37.2 Å². The first kappa shape index (κ1) is 31.5. The summed E-state index contributed by atoms with van der Waals surface area (Å²) in [6.45, 7) is 6.08. The molecule has 12 heteroatoms. The van der Waals surface area contributed by atoms with Crippen molar-refractivity contribution in [2.75, 3.05) is 65.5 Å². The number of methoxy groups -OCH3 is 2. The number of fused-ring (bicyclic) bond motifs is 3. The van der Waals surface area contributed by atoms with Crippen molar-refractivity contribution in [3.8, 4) is 17.2 Å². The van der Waals surface area contributed by atoms with E-state index in [1.165, 1.54) is 20.4 Å². The van der Waals surface area contributed by atoms with Gasteiger partial charge in [0, 0.05) is 51.0 Å². The molecule has 2 aliphatic rings. The number of likely N-dealkylation sites (N-methyl/N-ethyl adjacent to an activating group) is 1. The minimum atomic E-state index is -4.50. The number of rotatable bonds is 8. The second kappa shape index (κ2) is 12.7. The lowest BCUT2D eigenvalue weighted by Gasteiger charge is -2.36. The number of carbonyl (C=O) groups excluding carboxylic acids is 1. The molecule has 2 aliphatic heterocycles. The molecular formula is C34H38F3N5O4. The molecule has 244 valence electrons. The first-order valence-electron chi connectivity index (χ1n) is 15.4. The van der Waals surface area contributed by atoms with Crippen LogP contribution in [0.25, 0.3) is 5.65 Å². The summed E-state index contributed by atoms with van der Waals surface area (Å²) in [4.78, 5) is 24.9. The van der Waals surface area contributed by atoms with E-state index in [1.54, 1.807) is 21.4 Å². The van der Waals surface area contributed by atoms with Crippen LogP contribution in [0.1, 0.15) is 41.0 Å². The maximum Gasteiger partial charge on any atom is 0.416 e. The Hall–Kier alpha value is -4.45. The predicted molar refractivity (Wildman–Crippen MR) is 168 cm³/mol. The molecule has 1 fully saturated rings. The number of hydrogen-bond acceptors (Lipinski definition) is 7. The van der Waals surface area contributed by atoms with Gasteiger partial charge in [0.2, 0.25) is 0 Å². The highest BCUT2D eigenvalue weighted by atomic mass is 19.4. The third-order valence-corrected chi connectivity index (χ3v) is 8.92. The van der Waals surface area contributed by atoms with Gasteiger partial charge in [-0.2, -0.15) is 13.2 Å². The van der Waals surface area contributed by atoms with Crippen molar-refractivity contribution in [1.82, 2.24) is 19.2 Å². The van der Waals surface area contributed by atoms with Crippen LogP contribution in [0, 0.1) is 0 Å². The molecule has 0 saturated carbocycles. The van der Waals surface area contributed by atoms with E-state index in [9.17, 15) is 18.0 Å². The summed E-state index contributed by atoms with van der Waals surface area (Å²) in [7, 11) is 5.19. The maximum absolute atomic E-state index is 14.0. The normalized spacial score (nSPS) is 17.2. The highest BCUT2D eigenvalue weighted by molar-refractivity contribution is 5.79. The van der Waals surface area contributed by atoms with Gasteiger partial charge in [0.25, 0.3) is 5.91 Å². The zero-order valence-corrected chi connectivity index (χ0v) is 26.4. The third kappa shape index (κ3) is 6.05. The summed E-state index contributed by atoms with van der Waals surface area (Å²) in [6, 6.07) is 12.9. The van der Waals surface area contributed by atoms with Crippen molar-refractivity contribution < 1.29 is 32.2 Å². The number of alkyl halides is 3. The van der Waals surface area contributed by atoms with Crippen molar-refractivity contribution in [1.29, 1.82) is 0 Å². The second-order valence-electron chi connectivity index (χ2n) is 11.7. The summed E-state index contributed by atoms with van der Waals surface area (Å²) in [5, 5.41) is 0. The Bertz CT molecular complexity index is 1730. The zero-order valence-electron chi connectivity index (χ0n) is 26.4. The van der Waals surface area contributed by atoms with E-state index in [2.05, 4.69) is 34.8 Å². The van der Waals surface area contributed by atoms with E-state index in [1.807, 2.05) is 18.2 Å². The molecule has 1 saturated heterocycles. The minimum Gasteiger partial charge on any atom is -0.493 e. The average molecular weight is 638 g/mol. The quantitative estimate of drug-likeness (QED) is 0.262. The molecule has 46 heavy (non-hydrogen) atoms. The van der Waals surface area contributed by atoms with Gasteiger partial charge in [-0.15, -0.1) is 0 Å². The molecule has 9 nitrogen and oxygen atoms in total. The fourth-order valence-corrected chi connectivity index (χ4v) is 6.36. The molecule has 1 atom stereocenters. The van der Waals surface area contributed by atoms with Gasteiger partial charge in [-0.1, -0.05) is 13.0 Å². The van der Waals surface area contributed by atoms with E-state index in [0.29, 0.717) is 47.2 Å². The monoisotopic (exact) mass is 637 g/mol. The van der Waals surface area contributed by atoms with Gasteiger partial charge < -0.3 is 33.3 Å². The second-order valence-corrected chi connectivity index (χ2v) is 11.7. The Morgan fingerprint density at radius 2 is 1.67 bits per heavy atom. The Labute approximate surface area is 266 Å². The molecule has 1 unspecified atom stereocenters. The topological polar surface area (TPSA) is 71.8 Å². The van der Waals surface area contributed by atoms with Crippen molar-refractivity contribution in [2.24, 2.45) is 0 Å². The molecule has 1 amide bonds. The summed E-state index contributed by atoms with van der Waals surface area (Å²) >= 11 is 0. The zero-order chi connectivity index (χ0) is 32.6. The highest BCUT2D eigenvalue weighted by Gasteiger charge is 2.37. The van der Waals surface area contributed by atoms with Crippen LogP contribution in [-0.2, 0) is 23.8 Å². The van der Waals surface area contributed by atoms with Crippen molar-refractivity contribution in [3.63, 3.8) is 0 Å². The van der Waals surface area contributed by atoms with E-state index < -0.39 is 17.8 Å². The van der Waals surface area contributed by atoms with E-state index in [4.69, 9.17) is 14.2 Å². The number of aromatic nitrogens is 2. The molecule has 0 spiro atoms. The van der Waals surface area contributed by atoms with Crippen LogP contribution in [-0.4, -0.2) is 85.7 Å². The number of anilines is 1. The van der Waals surface area contributed by atoms with Gasteiger partial charge in [-0.25, -0.2) is 4.98 Å². The Kier molecular flexibility index (Phi) is 8.73. The van der Waals surface area contributed by atoms with Gasteiger partial charge in [-0.05, 0) is 67.1 Å². The number of aryl methyl sites for hydroxylation is 1. The number of ether oxygens (including phenoxy) is 3.